The lowest BCUT2D eigenvalue weighted by molar-refractivity contribution is 0.246. The van der Waals surface area contributed by atoms with E-state index in [1.165, 1.54) is 0 Å². The number of nitrogens with zero attached hydrogens (tertiary/aromatic N) is 1. The Morgan fingerprint density at radius 2 is 2.11 bits per heavy atom. The summed E-state index contributed by atoms with van der Waals surface area (Å²) in [6, 6.07) is 7.86. The molecule has 0 spiro atoms. The zero-order chi connectivity index (χ0) is 13.4. The maximum atomic E-state index is 12.1. The van der Waals surface area contributed by atoms with Crippen molar-refractivity contribution in [3.05, 3.63) is 29.8 Å². The van der Waals surface area contributed by atoms with Crippen molar-refractivity contribution in [2.45, 2.75) is 26.7 Å². The third-order valence-corrected chi connectivity index (χ3v) is 2.76. The zero-order valence-corrected chi connectivity index (χ0v) is 11.3. The Balaban J connectivity index is 2.83. The minimum Gasteiger partial charge on any atom is -0.338 e. The van der Waals surface area contributed by atoms with Gasteiger partial charge >= 0.3 is 6.03 Å². The van der Waals surface area contributed by atoms with Gasteiger partial charge in [0.2, 0.25) is 0 Å². The van der Waals surface area contributed by atoms with Gasteiger partial charge in [-0.2, -0.15) is 0 Å². The average molecular weight is 249 g/mol. The fourth-order valence-corrected chi connectivity index (χ4v) is 1.77. The van der Waals surface area contributed by atoms with Crippen LogP contribution < -0.4 is 16.0 Å². The second-order valence-corrected chi connectivity index (χ2v) is 4.31. The maximum absolute atomic E-state index is 12.1. The molecular formula is C14H23N3O. The van der Waals surface area contributed by atoms with Crippen LogP contribution in [0.5, 0.6) is 0 Å². The highest BCUT2D eigenvalue weighted by Crippen LogP contribution is 2.19. The fourth-order valence-electron chi connectivity index (χ4n) is 1.77. The zero-order valence-electron chi connectivity index (χ0n) is 11.3. The van der Waals surface area contributed by atoms with Crippen LogP contribution in [0.2, 0.25) is 0 Å². The van der Waals surface area contributed by atoms with E-state index in [0.717, 1.165) is 24.1 Å². The predicted octanol–water partition coefficient (Wildman–Crippen LogP) is 2.27. The molecule has 0 saturated heterocycles. The van der Waals surface area contributed by atoms with Gasteiger partial charge in [0.1, 0.15) is 0 Å². The molecule has 1 aromatic rings. The Labute approximate surface area is 109 Å². The van der Waals surface area contributed by atoms with E-state index in [4.69, 9.17) is 5.73 Å². The molecule has 0 heterocycles. The van der Waals surface area contributed by atoms with E-state index in [-0.39, 0.29) is 6.03 Å². The van der Waals surface area contributed by atoms with Crippen LogP contribution in [0.3, 0.4) is 0 Å². The van der Waals surface area contributed by atoms with Gasteiger partial charge in [0.25, 0.3) is 0 Å². The van der Waals surface area contributed by atoms with E-state index in [1.807, 2.05) is 38.1 Å². The fraction of sp³-hybridized carbons (Fsp3) is 0.500. The number of nitrogens with two attached hydrogens (primary N) is 1. The molecule has 0 aromatic heterocycles. The van der Waals surface area contributed by atoms with E-state index < -0.39 is 0 Å². The van der Waals surface area contributed by atoms with Crippen LogP contribution in [0.25, 0.3) is 0 Å². The normalized spacial score (nSPS) is 10.2. The number of carbonyl (C=O) groups is 1. The molecule has 0 saturated carbocycles. The van der Waals surface area contributed by atoms with Crippen molar-refractivity contribution in [3.8, 4) is 0 Å². The summed E-state index contributed by atoms with van der Waals surface area (Å²) in [6.45, 7) is 5.99. The summed E-state index contributed by atoms with van der Waals surface area (Å²) in [5.41, 5.74) is 7.59. The largest absolute Gasteiger partial charge is 0.338 e. The summed E-state index contributed by atoms with van der Waals surface area (Å²) in [4.78, 5) is 13.9. The van der Waals surface area contributed by atoms with Crippen LogP contribution in [-0.4, -0.2) is 25.7 Å². The Hall–Kier alpha value is -1.55. The highest BCUT2D eigenvalue weighted by atomic mass is 16.2. The summed E-state index contributed by atoms with van der Waals surface area (Å²) in [5.74, 6) is 0. The van der Waals surface area contributed by atoms with Gasteiger partial charge in [-0.05, 0) is 37.9 Å². The lowest BCUT2D eigenvalue weighted by atomic mass is 10.2. The van der Waals surface area contributed by atoms with Gasteiger partial charge < -0.3 is 11.1 Å². The van der Waals surface area contributed by atoms with Crippen LogP contribution in [0, 0.1) is 6.92 Å². The molecule has 0 radical (unpaired) electrons. The number of carbonyl (C=O) groups excluding carboxylic acids is 1. The molecule has 0 aliphatic rings. The van der Waals surface area contributed by atoms with Gasteiger partial charge in [0, 0.05) is 18.8 Å². The molecule has 18 heavy (non-hydrogen) atoms. The molecule has 1 rings (SSSR count). The van der Waals surface area contributed by atoms with Crippen LogP contribution in [0.1, 0.15) is 25.3 Å². The summed E-state index contributed by atoms with van der Waals surface area (Å²) in [7, 11) is 0. The molecule has 0 atom stereocenters. The van der Waals surface area contributed by atoms with Crippen molar-refractivity contribution in [3.63, 3.8) is 0 Å². The van der Waals surface area contributed by atoms with Crippen molar-refractivity contribution in [1.29, 1.82) is 0 Å². The first-order chi connectivity index (χ1) is 8.70. The standard InChI is InChI=1S/C14H23N3O/c1-3-10-16-14(18)17(11-6-9-15)13-8-5-4-7-12(13)2/h4-5,7-8H,3,6,9-11,15H2,1-2H3,(H,16,18). The van der Waals surface area contributed by atoms with Crippen molar-refractivity contribution in [1.82, 2.24) is 5.32 Å². The number of hydrogen-bond donors (Lipinski definition) is 2. The smallest absolute Gasteiger partial charge is 0.321 e. The van der Waals surface area contributed by atoms with Crippen molar-refractivity contribution in [2.24, 2.45) is 5.73 Å². The summed E-state index contributed by atoms with van der Waals surface area (Å²) in [6.07, 6.45) is 1.73. The predicted molar refractivity (Wildman–Crippen MR) is 75.9 cm³/mol. The van der Waals surface area contributed by atoms with Crippen LogP contribution in [0.15, 0.2) is 24.3 Å². The quantitative estimate of drug-likeness (QED) is 0.812. The second-order valence-electron chi connectivity index (χ2n) is 4.31. The molecule has 4 heteroatoms. The average Bonchev–Trinajstić information content (AvgIpc) is 2.38. The Morgan fingerprint density at radius 1 is 1.39 bits per heavy atom. The SMILES string of the molecule is CCCNC(=O)N(CCCN)c1ccccc1C. The molecule has 3 N–H and O–H groups in total. The van der Waals surface area contributed by atoms with Crippen LogP contribution in [0.4, 0.5) is 10.5 Å². The Kier molecular flexibility index (Phi) is 6.22. The maximum Gasteiger partial charge on any atom is 0.321 e. The third kappa shape index (κ3) is 4.04. The van der Waals surface area contributed by atoms with E-state index >= 15 is 0 Å². The van der Waals surface area contributed by atoms with E-state index in [1.54, 1.807) is 4.90 Å². The van der Waals surface area contributed by atoms with Gasteiger partial charge in [0.05, 0.1) is 0 Å². The summed E-state index contributed by atoms with van der Waals surface area (Å²) < 4.78 is 0. The molecule has 0 fully saturated rings. The first-order valence-electron chi connectivity index (χ1n) is 6.51. The molecule has 0 aliphatic heterocycles. The number of aryl methyl sites for hydroxylation is 1. The number of para-hydroxylation sites is 1. The van der Waals surface area contributed by atoms with Gasteiger partial charge in [-0.3, -0.25) is 4.90 Å². The minimum atomic E-state index is -0.0420. The lowest BCUT2D eigenvalue weighted by Gasteiger charge is -2.24. The topological polar surface area (TPSA) is 58.4 Å². The summed E-state index contributed by atoms with van der Waals surface area (Å²) >= 11 is 0. The summed E-state index contributed by atoms with van der Waals surface area (Å²) in [5, 5.41) is 2.91. The van der Waals surface area contributed by atoms with Gasteiger partial charge in [-0.15, -0.1) is 0 Å². The number of urea groups is 1. The van der Waals surface area contributed by atoms with Gasteiger partial charge in [-0.25, -0.2) is 4.79 Å². The molecule has 4 nitrogen and oxygen atoms in total. The number of anilines is 1. The van der Waals surface area contributed by atoms with Crippen molar-refractivity contribution < 1.29 is 4.79 Å². The van der Waals surface area contributed by atoms with Crippen molar-refractivity contribution >= 4 is 11.7 Å². The number of benzene rings is 1. The minimum absolute atomic E-state index is 0.0420. The molecule has 0 bridgehead atoms. The molecular weight excluding hydrogens is 226 g/mol. The van der Waals surface area contributed by atoms with E-state index in [2.05, 4.69) is 5.32 Å². The highest BCUT2D eigenvalue weighted by Gasteiger charge is 2.15. The van der Waals surface area contributed by atoms with E-state index in [9.17, 15) is 4.79 Å². The van der Waals surface area contributed by atoms with Crippen LogP contribution >= 0.6 is 0 Å². The molecule has 0 aliphatic carbocycles. The van der Waals surface area contributed by atoms with Gasteiger partial charge in [0.15, 0.2) is 0 Å². The monoisotopic (exact) mass is 249 g/mol. The third-order valence-electron chi connectivity index (χ3n) is 2.76. The first kappa shape index (κ1) is 14.5. The van der Waals surface area contributed by atoms with E-state index in [0.29, 0.717) is 19.6 Å². The Morgan fingerprint density at radius 3 is 2.72 bits per heavy atom. The number of amides is 2. The molecule has 2 amide bonds. The molecule has 100 valence electrons. The molecule has 1 aromatic carbocycles. The number of hydrogen-bond acceptors (Lipinski definition) is 2. The van der Waals surface area contributed by atoms with Crippen molar-refractivity contribution in [2.75, 3.05) is 24.5 Å². The molecule has 0 unspecified atom stereocenters. The Bertz CT molecular complexity index is 379. The first-order valence-corrected chi connectivity index (χ1v) is 6.51. The highest BCUT2D eigenvalue weighted by molar-refractivity contribution is 5.92. The van der Waals surface area contributed by atoms with Gasteiger partial charge in [-0.1, -0.05) is 25.1 Å². The number of nitrogens with one attached hydrogen (secondary N) is 1. The lowest BCUT2D eigenvalue weighted by Crippen LogP contribution is -2.41. The number of rotatable bonds is 6. The van der Waals surface area contributed by atoms with Crippen LogP contribution in [-0.2, 0) is 0 Å². The second kappa shape index (κ2) is 7.71.